The molecule has 0 amide bonds. The van der Waals surface area contributed by atoms with Crippen LogP contribution < -0.4 is 9.47 Å². The molecule has 0 saturated carbocycles. The van der Waals surface area contributed by atoms with Crippen molar-refractivity contribution in [2.75, 3.05) is 13.7 Å². The molecule has 21 heavy (non-hydrogen) atoms. The smallest absolute Gasteiger partial charge is 0.150 e. The molecule has 0 unspecified atom stereocenters. The van der Waals surface area contributed by atoms with Crippen molar-refractivity contribution in [1.29, 1.82) is 0 Å². The lowest BCUT2D eigenvalue weighted by atomic mass is 10.1. The first-order chi connectivity index (χ1) is 10.1. The number of aldehydes is 1. The average Bonchev–Trinajstić information content (AvgIpc) is 2.50. The van der Waals surface area contributed by atoms with Crippen LogP contribution in [0.25, 0.3) is 0 Å². The molecule has 3 nitrogen and oxygen atoms in total. The van der Waals surface area contributed by atoms with Crippen LogP contribution in [0.4, 0.5) is 0 Å². The van der Waals surface area contributed by atoms with Crippen molar-refractivity contribution in [3.63, 3.8) is 0 Å². The molecule has 2 aromatic carbocycles. The molecule has 0 aliphatic carbocycles. The van der Waals surface area contributed by atoms with E-state index in [1.807, 2.05) is 24.3 Å². The van der Waals surface area contributed by atoms with Gasteiger partial charge in [0, 0.05) is 12.0 Å². The highest BCUT2D eigenvalue weighted by Crippen LogP contribution is 2.34. The van der Waals surface area contributed by atoms with Gasteiger partial charge in [0.15, 0.2) is 0 Å². The Hall–Kier alpha value is -1.33. The molecule has 0 bridgehead atoms. The summed E-state index contributed by atoms with van der Waals surface area (Å²) in [4.78, 5) is 10.8. The predicted octanol–water partition coefficient (Wildman–Crippen LogP) is 4.65. The number of methoxy groups -OCH3 is 1. The van der Waals surface area contributed by atoms with Crippen LogP contribution in [0.15, 0.2) is 45.3 Å². The standard InChI is InChI=1S/C16H14Br2O3/c1-20-13-4-2-11(3-5-13)6-7-21-16-14(17)8-12(10-19)9-15(16)18/h2-5,8-10H,6-7H2,1H3. The first-order valence-corrected chi connectivity index (χ1v) is 7.92. The van der Waals surface area contributed by atoms with Crippen LogP contribution in [0.1, 0.15) is 15.9 Å². The van der Waals surface area contributed by atoms with Crippen molar-refractivity contribution in [3.8, 4) is 11.5 Å². The van der Waals surface area contributed by atoms with Gasteiger partial charge in [0.1, 0.15) is 17.8 Å². The highest BCUT2D eigenvalue weighted by molar-refractivity contribution is 9.11. The van der Waals surface area contributed by atoms with Crippen molar-refractivity contribution in [1.82, 2.24) is 0 Å². The van der Waals surface area contributed by atoms with Crippen LogP contribution in [0.2, 0.25) is 0 Å². The summed E-state index contributed by atoms with van der Waals surface area (Å²) in [7, 11) is 1.65. The third kappa shape index (κ3) is 4.32. The fraction of sp³-hybridized carbons (Fsp3) is 0.188. The molecule has 0 saturated heterocycles. The molecule has 0 aliphatic heterocycles. The largest absolute Gasteiger partial charge is 0.497 e. The molecule has 0 aliphatic rings. The molecular formula is C16H14Br2O3. The lowest BCUT2D eigenvalue weighted by molar-refractivity contribution is 0.112. The molecule has 0 radical (unpaired) electrons. The molecule has 0 aromatic heterocycles. The third-order valence-corrected chi connectivity index (χ3v) is 4.13. The van der Waals surface area contributed by atoms with Crippen molar-refractivity contribution >= 4 is 38.1 Å². The van der Waals surface area contributed by atoms with Gasteiger partial charge in [-0.15, -0.1) is 0 Å². The van der Waals surface area contributed by atoms with E-state index in [1.54, 1.807) is 19.2 Å². The lowest BCUT2D eigenvalue weighted by Crippen LogP contribution is -2.03. The monoisotopic (exact) mass is 412 g/mol. The second kappa shape index (κ2) is 7.61. The maximum Gasteiger partial charge on any atom is 0.150 e. The van der Waals surface area contributed by atoms with Crippen molar-refractivity contribution in [3.05, 3.63) is 56.5 Å². The Morgan fingerprint density at radius 1 is 1.10 bits per heavy atom. The first-order valence-electron chi connectivity index (χ1n) is 6.34. The van der Waals surface area contributed by atoms with Gasteiger partial charge in [0.05, 0.1) is 22.7 Å². The average molecular weight is 414 g/mol. The number of ether oxygens (including phenoxy) is 2. The molecule has 2 aromatic rings. The van der Waals surface area contributed by atoms with E-state index in [2.05, 4.69) is 31.9 Å². The minimum Gasteiger partial charge on any atom is -0.497 e. The zero-order valence-electron chi connectivity index (χ0n) is 11.4. The van der Waals surface area contributed by atoms with Gasteiger partial charge < -0.3 is 9.47 Å². The molecule has 5 heteroatoms. The topological polar surface area (TPSA) is 35.5 Å². The second-order valence-electron chi connectivity index (χ2n) is 4.38. The van der Waals surface area contributed by atoms with E-state index >= 15 is 0 Å². The number of hydrogen-bond donors (Lipinski definition) is 0. The molecule has 0 atom stereocenters. The van der Waals surface area contributed by atoms with E-state index in [1.165, 1.54) is 5.56 Å². The maximum absolute atomic E-state index is 10.8. The minimum absolute atomic E-state index is 0.546. The summed E-state index contributed by atoms with van der Waals surface area (Å²) < 4.78 is 12.4. The summed E-state index contributed by atoms with van der Waals surface area (Å²) in [5.74, 6) is 1.55. The number of hydrogen-bond acceptors (Lipinski definition) is 3. The van der Waals surface area contributed by atoms with Gasteiger partial charge in [-0.3, -0.25) is 4.79 Å². The molecule has 2 rings (SSSR count). The third-order valence-electron chi connectivity index (χ3n) is 2.95. The summed E-state index contributed by atoms with van der Waals surface area (Å²) in [6.45, 7) is 0.546. The van der Waals surface area contributed by atoms with E-state index in [4.69, 9.17) is 9.47 Å². The highest BCUT2D eigenvalue weighted by Gasteiger charge is 2.09. The fourth-order valence-electron chi connectivity index (χ4n) is 1.85. The molecule has 0 fully saturated rings. The van der Waals surface area contributed by atoms with Crippen molar-refractivity contribution in [2.24, 2.45) is 0 Å². The maximum atomic E-state index is 10.8. The number of benzene rings is 2. The van der Waals surface area contributed by atoms with Crippen LogP contribution in [0, 0.1) is 0 Å². The van der Waals surface area contributed by atoms with Crippen LogP contribution in [-0.4, -0.2) is 20.0 Å². The van der Waals surface area contributed by atoms with Crippen molar-refractivity contribution < 1.29 is 14.3 Å². The van der Waals surface area contributed by atoms with Crippen molar-refractivity contribution in [2.45, 2.75) is 6.42 Å². The Balaban J connectivity index is 1.98. The van der Waals surface area contributed by atoms with E-state index in [0.29, 0.717) is 17.9 Å². The van der Waals surface area contributed by atoms with E-state index in [-0.39, 0.29) is 0 Å². The van der Waals surface area contributed by atoms with Crippen LogP contribution in [0.3, 0.4) is 0 Å². The van der Waals surface area contributed by atoms with Crippen LogP contribution in [0.5, 0.6) is 11.5 Å². The lowest BCUT2D eigenvalue weighted by Gasteiger charge is -2.11. The van der Waals surface area contributed by atoms with Gasteiger partial charge in [-0.1, -0.05) is 12.1 Å². The number of carbonyl (C=O) groups excluding carboxylic acids is 1. The van der Waals surface area contributed by atoms with Gasteiger partial charge in [-0.2, -0.15) is 0 Å². The minimum atomic E-state index is 0.546. The zero-order valence-corrected chi connectivity index (χ0v) is 14.6. The number of rotatable bonds is 6. The summed E-state index contributed by atoms with van der Waals surface area (Å²) >= 11 is 6.83. The number of carbonyl (C=O) groups is 1. The quantitative estimate of drug-likeness (QED) is 0.646. The second-order valence-corrected chi connectivity index (χ2v) is 6.09. The SMILES string of the molecule is COc1ccc(CCOc2c(Br)cc(C=O)cc2Br)cc1. The van der Waals surface area contributed by atoms with Gasteiger partial charge in [-0.05, 0) is 61.7 Å². The van der Waals surface area contributed by atoms with Gasteiger partial charge in [0.25, 0.3) is 0 Å². The summed E-state index contributed by atoms with van der Waals surface area (Å²) in [5, 5.41) is 0. The molecule has 110 valence electrons. The molecule has 0 N–H and O–H groups in total. The number of halogens is 2. The summed E-state index contributed by atoms with van der Waals surface area (Å²) in [6.07, 6.45) is 1.59. The van der Waals surface area contributed by atoms with Gasteiger partial charge in [-0.25, -0.2) is 0 Å². The van der Waals surface area contributed by atoms with E-state index < -0.39 is 0 Å². The van der Waals surface area contributed by atoms with E-state index in [9.17, 15) is 4.79 Å². The fourth-order valence-corrected chi connectivity index (χ4v) is 3.30. The Labute approximate surface area is 140 Å². The normalized spacial score (nSPS) is 10.2. The van der Waals surface area contributed by atoms with Gasteiger partial charge >= 0.3 is 0 Å². The Bertz CT molecular complexity index is 601. The molecular weight excluding hydrogens is 400 g/mol. The van der Waals surface area contributed by atoms with E-state index in [0.717, 1.165) is 27.4 Å². The Morgan fingerprint density at radius 2 is 1.71 bits per heavy atom. The molecule has 0 spiro atoms. The van der Waals surface area contributed by atoms with Crippen LogP contribution >= 0.6 is 31.9 Å². The predicted molar refractivity (Wildman–Crippen MR) is 89.4 cm³/mol. The highest BCUT2D eigenvalue weighted by atomic mass is 79.9. The van der Waals surface area contributed by atoms with Gasteiger partial charge in [0.2, 0.25) is 0 Å². The van der Waals surface area contributed by atoms with Crippen LogP contribution in [-0.2, 0) is 6.42 Å². The zero-order chi connectivity index (χ0) is 15.2. The Morgan fingerprint density at radius 3 is 2.24 bits per heavy atom. The first kappa shape index (κ1) is 16.0. The summed E-state index contributed by atoms with van der Waals surface area (Å²) in [5.41, 5.74) is 1.77. The molecule has 0 heterocycles. The summed E-state index contributed by atoms with van der Waals surface area (Å²) in [6, 6.07) is 11.4. The Kier molecular flexibility index (Phi) is 5.82.